The average Bonchev–Trinajstić information content (AvgIpc) is 2.45. The lowest BCUT2D eigenvalue weighted by atomic mass is 10.1. The quantitative estimate of drug-likeness (QED) is 0.704. The Kier molecular flexibility index (Phi) is 8.21. The molecule has 0 radical (unpaired) electrons. The van der Waals surface area contributed by atoms with Crippen LogP contribution < -0.4 is 14.8 Å². The van der Waals surface area contributed by atoms with E-state index < -0.39 is 0 Å². The van der Waals surface area contributed by atoms with Crippen molar-refractivity contribution in [1.29, 1.82) is 0 Å². The van der Waals surface area contributed by atoms with E-state index in [-0.39, 0.29) is 6.10 Å². The third-order valence-corrected chi connectivity index (χ3v) is 3.23. The molecule has 3 heteroatoms. The van der Waals surface area contributed by atoms with Crippen molar-refractivity contribution < 1.29 is 9.47 Å². The van der Waals surface area contributed by atoms with Crippen LogP contribution in [0.5, 0.6) is 11.5 Å². The van der Waals surface area contributed by atoms with Gasteiger partial charge in [0, 0.05) is 6.54 Å². The zero-order valence-corrected chi connectivity index (χ0v) is 14.2. The van der Waals surface area contributed by atoms with Crippen LogP contribution in [0.1, 0.15) is 41.0 Å². The molecule has 0 spiro atoms. The normalized spacial score (nSPS) is 12.7. The Morgan fingerprint density at radius 3 is 2.10 bits per heavy atom. The number of benzene rings is 1. The average molecular weight is 293 g/mol. The molecule has 1 N–H and O–H groups in total. The third kappa shape index (κ3) is 7.37. The first-order valence-electron chi connectivity index (χ1n) is 8.13. The predicted molar refractivity (Wildman–Crippen MR) is 89.2 cm³/mol. The summed E-state index contributed by atoms with van der Waals surface area (Å²) in [4.78, 5) is 0. The van der Waals surface area contributed by atoms with E-state index in [1.807, 2.05) is 24.3 Å². The van der Waals surface area contributed by atoms with Gasteiger partial charge in [-0.1, -0.05) is 34.6 Å². The van der Waals surface area contributed by atoms with Crippen molar-refractivity contribution in [2.75, 3.05) is 19.7 Å². The van der Waals surface area contributed by atoms with Crippen LogP contribution in [0, 0.1) is 11.8 Å². The highest BCUT2D eigenvalue weighted by atomic mass is 16.5. The Hall–Kier alpha value is -1.22. The van der Waals surface area contributed by atoms with Crippen LogP contribution in [0.3, 0.4) is 0 Å². The summed E-state index contributed by atoms with van der Waals surface area (Å²) in [5.41, 5.74) is 0. The molecule has 0 aliphatic carbocycles. The Morgan fingerprint density at radius 1 is 0.952 bits per heavy atom. The van der Waals surface area contributed by atoms with E-state index >= 15 is 0 Å². The molecule has 1 rings (SSSR count). The molecule has 1 aromatic carbocycles. The molecule has 0 aliphatic heterocycles. The van der Waals surface area contributed by atoms with Crippen LogP contribution in [0.2, 0.25) is 0 Å². The van der Waals surface area contributed by atoms with E-state index in [0.717, 1.165) is 37.6 Å². The minimum atomic E-state index is 0.186. The van der Waals surface area contributed by atoms with Gasteiger partial charge in [-0.05, 0) is 49.1 Å². The SMILES string of the molecule is CCCOc1ccc(OC(CNCC(C)C)C(C)C)cc1. The molecule has 0 heterocycles. The van der Waals surface area contributed by atoms with E-state index in [2.05, 4.69) is 39.9 Å². The molecule has 120 valence electrons. The summed E-state index contributed by atoms with van der Waals surface area (Å²) < 4.78 is 11.7. The highest BCUT2D eigenvalue weighted by molar-refractivity contribution is 5.31. The topological polar surface area (TPSA) is 30.5 Å². The maximum Gasteiger partial charge on any atom is 0.120 e. The van der Waals surface area contributed by atoms with Gasteiger partial charge in [-0.3, -0.25) is 0 Å². The maximum atomic E-state index is 6.10. The van der Waals surface area contributed by atoms with Crippen molar-refractivity contribution in [2.24, 2.45) is 11.8 Å². The Morgan fingerprint density at radius 2 is 1.57 bits per heavy atom. The largest absolute Gasteiger partial charge is 0.494 e. The van der Waals surface area contributed by atoms with Gasteiger partial charge in [0.15, 0.2) is 0 Å². The van der Waals surface area contributed by atoms with Gasteiger partial charge < -0.3 is 14.8 Å². The van der Waals surface area contributed by atoms with Gasteiger partial charge in [0.2, 0.25) is 0 Å². The van der Waals surface area contributed by atoms with Crippen molar-refractivity contribution in [2.45, 2.75) is 47.1 Å². The molecule has 1 aromatic rings. The van der Waals surface area contributed by atoms with E-state index in [0.29, 0.717) is 11.8 Å². The van der Waals surface area contributed by atoms with Crippen LogP contribution in [-0.2, 0) is 0 Å². The van der Waals surface area contributed by atoms with Gasteiger partial charge >= 0.3 is 0 Å². The molecule has 0 amide bonds. The molecule has 0 saturated carbocycles. The van der Waals surface area contributed by atoms with Crippen molar-refractivity contribution in [3.05, 3.63) is 24.3 Å². The van der Waals surface area contributed by atoms with E-state index in [4.69, 9.17) is 9.47 Å². The van der Waals surface area contributed by atoms with Crippen molar-refractivity contribution in [3.63, 3.8) is 0 Å². The summed E-state index contributed by atoms with van der Waals surface area (Å²) >= 11 is 0. The van der Waals surface area contributed by atoms with Gasteiger partial charge in [0.05, 0.1) is 6.61 Å². The summed E-state index contributed by atoms with van der Waals surface area (Å²) in [5.74, 6) is 2.95. The lowest BCUT2D eigenvalue weighted by Crippen LogP contribution is -2.36. The summed E-state index contributed by atoms with van der Waals surface area (Å²) in [6, 6.07) is 7.93. The molecular weight excluding hydrogens is 262 g/mol. The minimum Gasteiger partial charge on any atom is -0.494 e. The van der Waals surface area contributed by atoms with Crippen molar-refractivity contribution in [1.82, 2.24) is 5.32 Å². The molecule has 21 heavy (non-hydrogen) atoms. The fourth-order valence-corrected chi connectivity index (χ4v) is 1.94. The van der Waals surface area contributed by atoms with Crippen LogP contribution in [0.15, 0.2) is 24.3 Å². The zero-order chi connectivity index (χ0) is 15.7. The van der Waals surface area contributed by atoms with E-state index in [9.17, 15) is 0 Å². The molecule has 1 unspecified atom stereocenters. The zero-order valence-electron chi connectivity index (χ0n) is 14.2. The predicted octanol–water partition coefficient (Wildman–Crippen LogP) is 4.12. The van der Waals surface area contributed by atoms with Crippen LogP contribution in [-0.4, -0.2) is 25.8 Å². The molecule has 0 aliphatic rings. The molecule has 3 nitrogen and oxygen atoms in total. The number of hydrogen-bond acceptors (Lipinski definition) is 3. The second-order valence-corrected chi connectivity index (χ2v) is 6.27. The molecular formula is C18H31NO2. The highest BCUT2D eigenvalue weighted by Crippen LogP contribution is 2.20. The first-order valence-corrected chi connectivity index (χ1v) is 8.13. The lowest BCUT2D eigenvalue weighted by molar-refractivity contribution is 0.148. The van der Waals surface area contributed by atoms with Gasteiger partial charge in [-0.15, -0.1) is 0 Å². The summed E-state index contributed by atoms with van der Waals surface area (Å²) in [5, 5.41) is 3.48. The fourth-order valence-electron chi connectivity index (χ4n) is 1.94. The Labute approximate surface area is 130 Å². The van der Waals surface area contributed by atoms with Gasteiger partial charge in [0.1, 0.15) is 17.6 Å². The van der Waals surface area contributed by atoms with Gasteiger partial charge in [0.25, 0.3) is 0 Å². The molecule has 0 bridgehead atoms. The number of ether oxygens (including phenoxy) is 2. The van der Waals surface area contributed by atoms with Crippen LogP contribution in [0.4, 0.5) is 0 Å². The first kappa shape index (κ1) is 17.8. The maximum absolute atomic E-state index is 6.10. The fraction of sp³-hybridized carbons (Fsp3) is 0.667. The van der Waals surface area contributed by atoms with Gasteiger partial charge in [-0.2, -0.15) is 0 Å². The van der Waals surface area contributed by atoms with E-state index in [1.54, 1.807) is 0 Å². The van der Waals surface area contributed by atoms with Gasteiger partial charge in [-0.25, -0.2) is 0 Å². The Bertz CT molecular complexity index is 373. The molecule has 0 saturated heterocycles. The molecule has 0 aromatic heterocycles. The van der Waals surface area contributed by atoms with Crippen molar-refractivity contribution in [3.8, 4) is 11.5 Å². The summed E-state index contributed by atoms with van der Waals surface area (Å²) in [7, 11) is 0. The first-order chi connectivity index (χ1) is 10.0. The summed E-state index contributed by atoms with van der Waals surface area (Å²) in [6.45, 7) is 13.6. The molecule has 1 atom stereocenters. The third-order valence-electron chi connectivity index (χ3n) is 3.23. The van der Waals surface area contributed by atoms with Crippen LogP contribution in [0.25, 0.3) is 0 Å². The van der Waals surface area contributed by atoms with E-state index in [1.165, 1.54) is 0 Å². The standard InChI is InChI=1S/C18H31NO2/c1-6-11-20-16-7-9-17(10-8-16)21-18(15(4)5)13-19-12-14(2)3/h7-10,14-15,18-19H,6,11-13H2,1-5H3. The second-order valence-electron chi connectivity index (χ2n) is 6.27. The number of nitrogens with one attached hydrogen (secondary N) is 1. The monoisotopic (exact) mass is 293 g/mol. The minimum absolute atomic E-state index is 0.186. The highest BCUT2D eigenvalue weighted by Gasteiger charge is 2.15. The smallest absolute Gasteiger partial charge is 0.120 e. The van der Waals surface area contributed by atoms with Crippen molar-refractivity contribution >= 4 is 0 Å². The Balaban J connectivity index is 2.50. The number of rotatable bonds is 10. The molecule has 0 fully saturated rings. The summed E-state index contributed by atoms with van der Waals surface area (Å²) in [6.07, 6.45) is 1.21. The van der Waals surface area contributed by atoms with Crippen LogP contribution >= 0.6 is 0 Å². The number of hydrogen-bond donors (Lipinski definition) is 1. The lowest BCUT2D eigenvalue weighted by Gasteiger charge is -2.23. The second kappa shape index (κ2) is 9.67.